The maximum Gasteiger partial charge on any atom is 0.254 e. The molecule has 0 saturated heterocycles. The lowest BCUT2D eigenvalue weighted by atomic mass is 10.0. The second-order valence-electron chi connectivity index (χ2n) is 4.91. The van der Waals surface area contributed by atoms with Gasteiger partial charge < -0.3 is 5.32 Å². The molecule has 0 fully saturated rings. The molecule has 0 saturated carbocycles. The molecule has 1 aliphatic rings. The fourth-order valence-electron chi connectivity index (χ4n) is 2.48. The van der Waals surface area contributed by atoms with E-state index in [0.717, 1.165) is 22.6 Å². The average molecular weight is 334 g/mol. The van der Waals surface area contributed by atoms with Crippen LogP contribution in [0, 0.1) is 5.82 Å². The van der Waals surface area contributed by atoms with E-state index in [4.69, 9.17) is 0 Å². The largest absolute Gasteiger partial charge is 0.345 e. The minimum Gasteiger partial charge on any atom is -0.345 e. The Kier molecular flexibility index (Phi) is 4.69. The number of pyridine rings is 1. The normalized spacial score (nSPS) is 16.9. The first kappa shape index (κ1) is 15.4. The van der Waals surface area contributed by atoms with Crippen LogP contribution >= 0.6 is 23.5 Å². The molecule has 1 aromatic heterocycles. The van der Waals surface area contributed by atoms with Gasteiger partial charge in [-0.3, -0.25) is 4.79 Å². The summed E-state index contributed by atoms with van der Waals surface area (Å²) in [6.07, 6.45) is 4.35. The quantitative estimate of drug-likeness (QED) is 0.864. The van der Waals surface area contributed by atoms with Crippen molar-refractivity contribution >= 4 is 29.4 Å². The highest BCUT2D eigenvalue weighted by molar-refractivity contribution is 7.99. The first-order valence-electron chi connectivity index (χ1n) is 6.91. The number of fused-ring (bicyclic) bond motifs is 1. The molecule has 1 aromatic carbocycles. The van der Waals surface area contributed by atoms with Gasteiger partial charge in [0.05, 0.1) is 11.6 Å². The van der Waals surface area contributed by atoms with Gasteiger partial charge in [-0.25, -0.2) is 9.37 Å². The van der Waals surface area contributed by atoms with Crippen LogP contribution in [0.25, 0.3) is 0 Å². The number of thioether (sulfide) groups is 2. The third kappa shape index (κ3) is 3.13. The van der Waals surface area contributed by atoms with Gasteiger partial charge in [0.1, 0.15) is 10.8 Å². The molecule has 6 heteroatoms. The minimum absolute atomic E-state index is 0.158. The van der Waals surface area contributed by atoms with Crippen LogP contribution in [0.2, 0.25) is 0 Å². The molecule has 1 atom stereocenters. The third-order valence-electron chi connectivity index (χ3n) is 3.53. The Morgan fingerprint density at radius 2 is 2.32 bits per heavy atom. The Morgan fingerprint density at radius 3 is 3.14 bits per heavy atom. The number of carbonyl (C=O) groups excluding carboxylic acids is 1. The van der Waals surface area contributed by atoms with E-state index in [2.05, 4.69) is 10.3 Å². The zero-order chi connectivity index (χ0) is 15.5. The molecule has 1 N–H and O–H groups in total. The van der Waals surface area contributed by atoms with Crippen molar-refractivity contribution in [2.45, 2.75) is 22.4 Å². The lowest BCUT2D eigenvalue weighted by Gasteiger charge is -2.26. The summed E-state index contributed by atoms with van der Waals surface area (Å²) in [5, 5.41) is 3.72. The number of aromatic nitrogens is 1. The van der Waals surface area contributed by atoms with Gasteiger partial charge >= 0.3 is 0 Å². The minimum atomic E-state index is -0.272. The molecule has 22 heavy (non-hydrogen) atoms. The lowest BCUT2D eigenvalue weighted by Crippen LogP contribution is -2.31. The Balaban J connectivity index is 1.85. The van der Waals surface area contributed by atoms with E-state index in [-0.39, 0.29) is 17.8 Å². The first-order valence-corrected chi connectivity index (χ1v) is 9.12. The summed E-state index contributed by atoms with van der Waals surface area (Å²) in [5.74, 6) is 0.475. The van der Waals surface area contributed by atoms with Crippen LogP contribution in [0.15, 0.2) is 46.5 Å². The van der Waals surface area contributed by atoms with E-state index < -0.39 is 0 Å². The van der Waals surface area contributed by atoms with E-state index in [1.54, 1.807) is 36.2 Å². The molecule has 3 rings (SSSR count). The molecular weight excluding hydrogens is 319 g/mol. The number of carbonyl (C=O) groups is 1. The number of rotatable bonds is 3. The molecule has 2 heterocycles. The fraction of sp³-hybridized carbons (Fsp3) is 0.250. The average Bonchev–Trinajstić information content (AvgIpc) is 2.55. The van der Waals surface area contributed by atoms with Crippen molar-refractivity contribution in [3.05, 3.63) is 53.5 Å². The summed E-state index contributed by atoms with van der Waals surface area (Å²) in [7, 11) is 0. The Bertz CT molecular complexity index is 708. The van der Waals surface area contributed by atoms with Crippen LogP contribution in [0.4, 0.5) is 4.39 Å². The Labute approximate surface area is 137 Å². The van der Waals surface area contributed by atoms with Gasteiger partial charge in [-0.15, -0.1) is 23.5 Å². The summed E-state index contributed by atoms with van der Waals surface area (Å²) < 4.78 is 13.5. The van der Waals surface area contributed by atoms with Gasteiger partial charge in [-0.1, -0.05) is 0 Å². The van der Waals surface area contributed by atoms with E-state index in [9.17, 15) is 9.18 Å². The summed E-state index contributed by atoms with van der Waals surface area (Å²) in [4.78, 5) is 17.8. The predicted molar refractivity (Wildman–Crippen MR) is 88.0 cm³/mol. The molecule has 114 valence electrons. The highest BCUT2D eigenvalue weighted by Gasteiger charge is 2.24. The number of hydrogen-bond donors (Lipinski definition) is 1. The highest BCUT2D eigenvalue weighted by Crippen LogP contribution is 2.36. The summed E-state index contributed by atoms with van der Waals surface area (Å²) in [6, 6.07) is 8.12. The summed E-state index contributed by atoms with van der Waals surface area (Å²) >= 11 is 3.14. The fourth-order valence-corrected chi connectivity index (χ4v) is 4.13. The smallest absolute Gasteiger partial charge is 0.254 e. The van der Waals surface area contributed by atoms with Crippen LogP contribution in [-0.4, -0.2) is 22.9 Å². The standard InChI is InChI=1S/C16H15FN2OS2/c1-21-16-11(3-2-7-18-16)15(20)19-13-6-8-22-14-5-4-10(17)9-12(13)14/h2-5,7,9,13H,6,8H2,1H3,(H,19,20)/t13-/m0/s1. The zero-order valence-electron chi connectivity index (χ0n) is 12.0. The second kappa shape index (κ2) is 6.71. The van der Waals surface area contributed by atoms with Gasteiger partial charge in [0.25, 0.3) is 5.91 Å². The highest BCUT2D eigenvalue weighted by atomic mass is 32.2. The van der Waals surface area contributed by atoms with Gasteiger partial charge in [0.2, 0.25) is 0 Å². The Hall–Kier alpha value is -1.53. The number of amides is 1. The van der Waals surface area contributed by atoms with Crippen molar-refractivity contribution in [2.24, 2.45) is 0 Å². The van der Waals surface area contributed by atoms with Crippen LogP contribution in [0.3, 0.4) is 0 Å². The van der Waals surface area contributed by atoms with Gasteiger partial charge in [0, 0.05) is 16.8 Å². The molecule has 0 radical (unpaired) electrons. The predicted octanol–water partition coefficient (Wildman–Crippen LogP) is 3.91. The van der Waals surface area contributed by atoms with Crippen molar-refractivity contribution < 1.29 is 9.18 Å². The number of nitrogens with one attached hydrogen (secondary N) is 1. The monoisotopic (exact) mass is 334 g/mol. The van der Waals surface area contributed by atoms with Crippen molar-refractivity contribution in [3.63, 3.8) is 0 Å². The lowest BCUT2D eigenvalue weighted by molar-refractivity contribution is 0.0931. The van der Waals surface area contributed by atoms with E-state index in [0.29, 0.717) is 10.6 Å². The zero-order valence-corrected chi connectivity index (χ0v) is 13.6. The molecule has 2 aromatic rings. The van der Waals surface area contributed by atoms with E-state index >= 15 is 0 Å². The molecule has 1 aliphatic heterocycles. The summed E-state index contributed by atoms with van der Waals surface area (Å²) in [5.41, 5.74) is 1.42. The van der Waals surface area contributed by atoms with Crippen LogP contribution in [0.5, 0.6) is 0 Å². The van der Waals surface area contributed by atoms with Crippen LogP contribution < -0.4 is 5.32 Å². The molecule has 0 aliphatic carbocycles. The maximum absolute atomic E-state index is 13.5. The Morgan fingerprint density at radius 1 is 1.45 bits per heavy atom. The molecule has 0 spiro atoms. The summed E-state index contributed by atoms with van der Waals surface area (Å²) in [6.45, 7) is 0. The number of nitrogens with zero attached hydrogens (tertiary/aromatic N) is 1. The SMILES string of the molecule is CSc1ncccc1C(=O)N[C@H]1CCSc2ccc(F)cc21. The van der Waals surface area contributed by atoms with Crippen LogP contribution in [-0.2, 0) is 0 Å². The molecule has 0 bridgehead atoms. The topological polar surface area (TPSA) is 42.0 Å². The van der Waals surface area contributed by atoms with Crippen molar-refractivity contribution in [1.29, 1.82) is 0 Å². The number of benzene rings is 1. The molecule has 3 nitrogen and oxygen atoms in total. The van der Waals surface area contributed by atoms with Gasteiger partial charge in [0.15, 0.2) is 0 Å². The van der Waals surface area contributed by atoms with Gasteiger partial charge in [-0.2, -0.15) is 0 Å². The molecular formula is C16H15FN2OS2. The van der Waals surface area contributed by atoms with Crippen LogP contribution in [0.1, 0.15) is 28.4 Å². The van der Waals surface area contributed by atoms with Crippen molar-refractivity contribution in [3.8, 4) is 0 Å². The molecule has 0 unspecified atom stereocenters. The van der Waals surface area contributed by atoms with Crippen molar-refractivity contribution in [2.75, 3.05) is 12.0 Å². The second-order valence-corrected chi connectivity index (χ2v) is 6.84. The number of hydrogen-bond acceptors (Lipinski definition) is 4. The third-order valence-corrected chi connectivity index (χ3v) is 5.36. The van der Waals surface area contributed by atoms with E-state index in [1.165, 1.54) is 23.9 Å². The first-order chi connectivity index (χ1) is 10.7. The van der Waals surface area contributed by atoms with E-state index in [1.807, 2.05) is 6.26 Å². The number of halogens is 1. The maximum atomic E-state index is 13.5. The van der Waals surface area contributed by atoms with Crippen molar-refractivity contribution in [1.82, 2.24) is 10.3 Å². The van der Waals surface area contributed by atoms with Gasteiger partial charge in [-0.05, 0) is 48.6 Å². The molecule has 1 amide bonds.